The first-order chi connectivity index (χ1) is 6.77. The van der Waals surface area contributed by atoms with Crippen LogP contribution in [-0.4, -0.2) is 21.0 Å². The molecule has 1 aliphatic carbocycles. The van der Waals surface area contributed by atoms with Crippen LogP contribution in [0.2, 0.25) is 0 Å². The summed E-state index contributed by atoms with van der Waals surface area (Å²) in [4.78, 5) is 10.8. The molecular formula is C9H14N4O. The van der Waals surface area contributed by atoms with Crippen LogP contribution in [0, 0.1) is 0 Å². The lowest BCUT2D eigenvalue weighted by Gasteiger charge is -2.18. The highest BCUT2D eigenvalue weighted by Gasteiger charge is 2.19. The molecule has 0 saturated heterocycles. The molecule has 0 atom stereocenters. The van der Waals surface area contributed by atoms with Crippen LogP contribution in [0.5, 0.6) is 0 Å². The number of aromatic nitrogens is 3. The second-order valence-corrected chi connectivity index (χ2v) is 3.76. The standard InChI is InChI=1S/C9H14N4O/c10-9(14)13-6-8(11-12-13)7-4-2-1-3-5-7/h6-7H,1-5H2,(H2,10,14). The molecule has 1 aliphatic rings. The van der Waals surface area contributed by atoms with Crippen LogP contribution in [-0.2, 0) is 0 Å². The quantitative estimate of drug-likeness (QED) is 0.731. The first-order valence-electron chi connectivity index (χ1n) is 4.99. The van der Waals surface area contributed by atoms with Gasteiger partial charge in [-0.2, -0.15) is 4.68 Å². The molecule has 5 heteroatoms. The third kappa shape index (κ3) is 1.76. The van der Waals surface area contributed by atoms with Crippen molar-refractivity contribution in [2.24, 2.45) is 5.73 Å². The van der Waals surface area contributed by atoms with E-state index in [0.717, 1.165) is 23.2 Å². The Hall–Kier alpha value is -1.39. The van der Waals surface area contributed by atoms with Gasteiger partial charge in [-0.3, -0.25) is 0 Å². The number of carbonyl (C=O) groups excluding carboxylic acids is 1. The summed E-state index contributed by atoms with van der Waals surface area (Å²) >= 11 is 0. The minimum atomic E-state index is -0.570. The van der Waals surface area contributed by atoms with Gasteiger partial charge in [-0.05, 0) is 12.8 Å². The van der Waals surface area contributed by atoms with E-state index in [4.69, 9.17) is 5.73 Å². The van der Waals surface area contributed by atoms with Gasteiger partial charge in [-0.1, -0.05) is 24.5 Å². The predicted molar refractivity (Wildman–Crippen MR) is 50.8 cm³/mol. The van der Waals surface area contributed by atoms with Crippen molar-refractivity contribution in [2.75, 3.05) is 0 Å². The zero-order valence-corrected chi connectivity index (χ0v) is 8.02. The number of carbonyl (C=O) groups is 1. The van der Waals surface area contributed by atoms with E-state index in [1.54, 1.807) is 6.20 Å². The molecule has 1 aromatic heterocycles. The molecule has 0 aromatic carbocycles. The molecule has 0 spiro atoms. The Kier molecular flexibility index (Phi) is 2.47. The summed E-state index contributed by atoms with van der Waals surface area (Å²) in [6, 6.07) is -0.570. The molecule has 0 unspecified atom stereocenters. The number of nitrogens with two attached hydrogens (primary N) is 1. The van der Waals surface area contributed by atoms with Gasteiger partial charge in [0.05, 0.1) is 11.9 Å². The molecule has 0 radical (unpaired) electrons. The fourth-order valence-corrected chi connectivity index (χ4v) is 1.97. The minimum Gasteiger partial charge on any atom is -0.350 e. The van der Waals surface area contributed by atoms with E-state index in [9.17, 15) is 4.79 Å². The van der Waals surface area contributed by atoms with Gasteiger partial charge in [0.15, 0.2) is 0 Å². The largest absolute Gasteiger partial charge is 0.350 e. The van der Waals surface area contributed by atoms with Crippen molar-refractivity contribution in [3.63, 3.8) is 0 Å². The topological polar surface area (TPSA) is 73.8 Å². The fourth-order valence-electron chi connectivity index (χ4n) is 1.97. The van der Waals surface area contributed by atoms with Crippen molar-refractivity contribution < 1.29 is 4.79 Å². The number of primary amides is 1. The summed E-state index contributed by atoms with van der Waals surface area (Å²) in [5, 5.41) is 7.66. The van der Waals surface area contributed by atoms with E-state index < -0.39 is 6.03 Å². The van der Waals surface area contributed by atoms with E-state index in [1.807, 2.05) is 0 Å². The van der Waals surface area contributed by atoms with E-state index in [-0.39, 0.29) is 0 Å². The van der Waals surface area contributed by atoms with Gasteiger partial charge in [0, 0.05) is 5.92 Å². The zero-order chi connectivity index (χ0) is 9.97. The van der Waals surface area contributed by atoms with E-state index in [0.29, 0.717) is 5.92 Å². The molecule has 14 heavy (non-hydrogen) atoms. The zero-order valence-electron chi connectivity index (χ0n) is 8.02. The molecule has 0 bridgehead atoms. The lowest BCUT2D eigenvalue weighted by Crippen LogP contribution is -2.19. The third-order valence-corrected chi connectivity index (χ3v) is 2.76. The van der Waals surface area contributed by atoms with Crippen molar-refractivity contribution in [3.05, 3.63) is 11.9 Å². The monoisotopic (exact) mass is 194 g/mol. The maximum absolute atomic E-state index is 10.8. The van der Waals surface area contributed by atoms with E-state index in [1.165, 1.54) is 19.3 Å². The second-order valence-electron chi connectivity index (χ2n) is 3.76. The molecule has 5 nitrogen and oxygen atoms in total. The van der Waals surface area contributed by atoms with Crippen LogP contribution in [0.1, 0.15) is 43.7 Å². The Labute approximate surface area is 82.3 Å². The fraction of sp³-hybridized carbons (Fsp3) is 0.667. The number of rotatable bonds is 1. The van der Waals surface area contributed by atoms with Crippen molar-refractivity contribution in [2.45, 2.75) is 38.0 Å². The SMILES string of the molecule is NC(=O)n1cc(C2CCCCC2)nn1. The van der Waals surface area contributed by atoms with Crippen LogP contribution in [0.25, 0.3) is 0 Å². The van der Waals surface area contributed by atoms with E-state index >= 15 is 0 Å². The van der Waals surface area contributed by atoms with Crippen LogP contribution in [0.3, 0.4) is 0 Å². The van der Waals surface area contributed by atoms with Crippen molar-refractivity contribution >= 4 is 6.03 Å². The molecule has 1 saturated carbocycles. The maximum Gasteiger partial charge on any atom is 0.340 e. The number of hydrogen-bond acceptors (Lipinski definition) is 3. The second kappa shape index (κ2) is 3.77. The minimum absolute atomic E-state index is 0.469. The molecule has 1 fully saturated rings. The van der Waals surface area contributed by atoms with Crippen molar-refractivity contribution in [1.29, 1.82) is 0 Å². The van der Waals surface area contributed by atoms with Crippen LogP contribution in [0.4, 0.5) is 4.79 Å². The third-order valence-electron chi connectivity index (χ3n) is 2.76. The lowest BCUT2D eigenvalue weighted by molar-refractivity contribution is 0.247. The molecule has 1 heterocycles. The van der Waals surface area contributed by atoms with Gasteiger partial charge < -0.3 is 5.73 Å². The smallest absolute Gasteiger partial charge is 0.340 e. The van der Waals surface area contributed by atoms with Gasteiger partial charge in [-0.15, -0.1) is 5.10 Å². The molecule has 1 amide bonds. The Morgan fingerprint density at radius 3 is 2.71 bits per heavy atom. The highest BCUT2D eigenvalue weighted by Crippen LogP contribution is 2.30. The summed E-state index contributed by atoms with van der Waals surface area (Å²) in [7, 11) is 0. The number of hydrogen-bond donors (Lipinski definition) is 1. The summed E-state index contributed by atoms with van der Waals surface area (Å²) < 4.78 is 1.10. The molecule has 2 rings (SSSR count). The van der Waals surface area contributed by atoms with Gasteiger partial charge in [0.25, 0.3) is 0 Å². The predicted octanol–water partition coefficient (Wildman–Crippen LogP) is 1.25. The average Bonchev–Trinajstić information content (AvgIpc) is 2.68. The van der Waals surface area contributed by atoms with Crippen molar-refractivity contribution in [1.82, 2.24) is 15.0 Å². The first kappa shape index (κ1) is 9.18. The maximum atomic E-state index is 10.8. The molecule has 2 N–H and O–H groups in total. The highest BCUT2D eigenvalue weighted by atomic mass is 16.2. The van der Waals surface area contributed by atoms with Crippen LogP contribution >= 0.6 is 0 Å². The van der Waals surface area contributed by atoms with Crippen LogP contribution < -0.4 is 5.73 Å². The van der Waals surface area contributed by atoms with Gasteiger partial charge >= 0.3 is 6.03 Å². The number of nitrogens with zero attached hydrogens (tertiary/aromatic N) is 3. The molecule has 76 valence electrons. The van der Waals surface area contributed by atoms with Gasteiger partial charge in [-0.25, -0.2) is 4.79 Å². The Bertz CT molecular complexity index is 327. The highest BCUT2D eigenvalue weighted by molar-refractivity contribution is 5.73. The summed E-state index contributed by atoms with van der Waals surface area (Å²) in [6.07, 6.45) is 7.75. The summed E-state index contributed by atoms with van der Waals surface area (Å²) in [6.45, 7) is 0. The lowest BCUT2D eigenvalue weighted by atomic mass is 9.87. The Balaban J connectivity index is 2.11. The molecule has 0 aliphatic heterocycles. The number of amides is 1. The normalized spacial score (nSPS) is 18.3. The molecular weight excluding hydrogens is 180 g/mol. The van der Waals surface area contributed by atoms with E-state index in [2.05, 4.69) is 10.3 Å². The summed E-state index contributed by atoms with van der Waals surface area (Å²) in [5.41, 5.74) is 5.98. The van der Waals surface area contributed by atoms with Crippen molar-refractivity contribution in [3.8, 4) is 0 Å². The Morgan fingerprint density at radius 1 is 1.43 bits per heavy atom. The Morgan fingerprint density at radius 2 is 2.14 bits per heavy atom. The van der Waals surface area contributed by atoms with Gasteiger partial charge in [0.1, 0.15) is 0 Å². The van der Waals surface area contributed by atoms with Gasteiger partial charge in [0.2, 0.25) is 0 Å². The van der Waals surface area contributed by atoms with Crippen LogP contribution in [0.15, 0.2) is 6.20 Å². The average molecular weight is 194 g/mol. The molecule has 1 aromatic rings. The summed E-state index contributed by atoms with van der Waals surface area (Å²) in [5.74, 6) is 0.469. The first-order valence-corrected chi connectivity index (χ1v) is 4.99.